The average Bonchev–Trinajstić information content (AvgIpc) is 3.32. The highest BCUT2D eigenvalue weighted by Crippen LogP contribution is 2.70. The molecule has 5 aromatic rings. The fourth-order valence-electron chi connectivity index (χ4n) is 9.83. The summed E-state index contributed by atoms with van der Waals surface area (Å²) in [5, 5.41) is 3.92. The molecule has 5 aliphatic carbocycles. The Balaban J connectivity index is 1.14. The second-order valence-electron chi connectivity index (χ2n) is 13.1. The molecule has 4 bridgehead atoms. The predicted octanol–water partition coefficient (Wildman–Crippen LogP) is 10.5. The monoisotopic (exact) mass is 529 g/mol. The topological polar surface area (TPSA) is 12.0 Å². The highest BCUT2D eigenvalue weighted by molar-refractivity contribution is 5.92. The zero-order valence-electron chi connectivity index (χ0n) is 23.4. The Labute approximate surface area is 243 Å². The molecule has 1 spiro atoms. The van der Waals surface area contributed by atoms with Crippen LogP contribution in [0, 0.1) is 23.7 Å². The van der Waals surface area contributed by atoms with E-state index in [2.05, 4.69) is 127 Å². The van der Waals surface area contributed by atoms with Crippen molar-refractivity contribution >= 4 is 11.4 Å². The summed E-state index contributed by atoms with van der Waals surface area (Å²) in [6.45, 7) is 0. The van der Waals surface area contributed by atoms with Crippen LogP contribution in [0.3, 0.4) is 0 Å². The molecule has 0 saturated heterocycles. The molecule has 1 heteroatoms. The lowest BCUT2D eigenvalue weighted by Crippen LogP contribution is -2.55. The average molecular weight is 530 g/mol. The van der Waals surface area contributed by atoms with E-state index in [4.69, 9.17) is 0 Å². The van der Waals surface area contributed by atoms with E-state index in [0.717, 1.165) is 29.4 Å². The summed E-state index contributed by atoms with van der Waals surface area (Å²) < 4.78 is 0. The van der Waals surface area contributed by atoms with Crippen LogP contribution in [0.5, 0.6) is 0 Å². The fraction of sp³-hybridized carbons (Fsp3) is 0.250. The Kier molecular flexibility index (Phi) is 5.15. The molecule has 0 heterocycles. The Bertz CT molecular complexity index is 1750. The Morgan fingerprint density at radius 3 is 1.83 bits per heavy atom. The van der Waals surface area contributed by atoms with E-state index in [1.807, 2.05) is 0 Å². The van der Waals surface area contributed by atoms with Crippen molar-refractivity contribution in [3.63, 3.8) is 0 Å². The first-order valence-electron chi connectivity index (χ1n) is 15.5. The Morgan fingerprint density at radius 2 is 1.07 bits per heavy atom. The maximum absolute atomic E-state index is 3.92. The molecule has 41 heavy (non-hydrogen) atoms. The van der Waals surface area contributed by atoms with Crippen LogP contribution in [0.15, 0.2) is 121 Å². The highest BCUT2D eigenvalue weighted by Gasteiger charge is 2.61. The number of anilines is 2. The normalized spacial score (nSPS) is 26.6. The van der Waals surface area contributed by atoms with E-state index < -0.39 is 0 Å². The third-order valence-electron chi connectivity index (χ3n) is 11.0. The van der Waals surface area contributed by atoms with Crippen molar-refractivity contribution in [1.82, 2.24) is 0 Å². The SMILES string of the molecule is c1ccc(-c2ccccc2-c2cccc(Nc3cccc4c3-c3ccccc3C43C4CC5CC(C4)CC3C5)c2)cc1. The first-order valence-corrected chi connectivity index (χ1v) is 15.5. The van der Waals surface area contributed by atoms with Crippen LogP contribution in [0.25, 0.3) is 33.4 Å². The minimum absolute atomic E-state index is 0.202. The van der Waals surface area contributed by atoms with Gasteiger partial charge in [0.15, 0.2) is 0 Å². The van der Waals surface area contributed by atoms with E-state index in [0.29, 0.717) is 0 Å². The molecule has 5 aliphatic rings. The van der Waals surface area contributed by atoms with Gasteiger partial charge < -0.3 is 5.32 Å². The van der Waals surface area contributed by atoms with Crippen molar-refractivity contribution in [2.24, 2.45) is 23.7 Å². The van der Waals surface area contributed by atoms with Gasteiger partial charge in [0.2, 0.25) is 0 Å². The van der Waals surface area contributed by atoms with Gasteiger partial charge in [0.25, 0.3) is 0 Å². The van der Waals surface area contributed by atoms with Gasteiger partial charge in [-0.2, -0.15) is 0 Å². The zero-order chi connectivity index (χ0) is 27.0. The highest BCUT2D eigenvalue weighted by atomic mass is 14.9. The predicted molar refractivity (Wildman–Crippen MR) is 170 cm³/mol. The summed E-state index contributed by atoms with van der Waals surface area (Å²) in [7, 11) is 0. The molecule has 0 atom stereocenters. The Hall–Kier alpha value is -4.10. The van der Waals surface area contributed by atoms with Crippen LogP contribution in [-0.2, 0) is 5.41 Å². The van der Waals surface area contributed by atoms with Crippen molar-refractivity contribution in [3.05, 3.63) is 132 Å². The summed E-state index contributed by atoms with van der Waals surface area (Å²) in [4.78, 5) is 0. The number of benzene rings is 5. The van der Waals surface area contributed by atoms with E-state index in [-0.39, 0.29) is 5.41 Å². The molecule has 5 aromatic carbocycles. The molecule has 0 aromatic heterocycles. The lowest BCUT2D eigenvalue weighted by atomic mass is 9.43. The molecule has 0 aliphatic heterocycles. The molecule has 10 rings (SSSR count). The van der Waals surface area contributed by atoms with Gasteiger partial charge in [0.05, 0.1) is 0 Å². The number of fused-ring (bicyclic) bond motifs is 3. The van der Waals surface area contributed by atoms with Gasteiger partial charge in [-0.3, -0.25) is 0 Å². The lowest BCUT2D eigenvalue weighted by molar-refractivity contribution is -0.0399. The minimum Gasteiger partial charge on any atom is -0.355 e. The standard InChI is InChI=1S/C40H35N/c1-2-10-28(11-3-1)33-14-4-5-15-34(33)29-12-8-13-32(25-29)41-38-19-9-18-37-39(38)35-16-6-7-17-36(35)40(37)30-21-26-20-27(23-30)24-31(40)22-26/h1-19,25-27,30-31,41H,20-24H2. The van der Waals surface area contributed by atoms with Crippen LogP contribution in [0.2, 0.25) is 0 Å². The van der Waals surface area contributed by atoms with Crippen molar-refractivity contribution in [2.45, 2.75) is 37.5 Å². The van der Waals surface area contributed by atoms with Gasteiger partial charge >= 0.3 is 0 Å². The van der Waals surface area contributed by atoms with Gasteiger partial charge in [-0.15, -0.1) is 0 Å². The van der Waals surface area contributed by atoms with Crippen LogP contribution in [-0.4, -0.2) is 0 Å². The van der Waals surface area contributed by atoms with Crippen LogP contribution in [0.4, 0.5) is 11.4 Å². The maximum Gasteiger partial charge on any atom is 0.0467 e. The smallest absolute Gasteiger partial charge is 0.0467 e. The first kappa shape index (κ1) is 23.6. The number of rotatable bonds is 4. The zero-order valence-corrected chi connectivity index (χ0v) is 23.4. The number of hydrogen-bond acceptors (Lipinski definition) is 1. The minimum atomic E-state index is 0.202. The maximum atomic E-state index is 3.92. The van der Waals surface area contributed by atoms with Crippen molar-refractivity contribution < 1.29 is 0 Å². The van der Waals surface area contributed by atoms with Crippen molar-refractivity contribution in [3.8, 4) is 33.4 Å². The van der Waals surface area contributed by atoms with Gasteiger partial charge in [-0.25, -0.2) is 0 Å². The van der Waals surface area contributed by atoms with Crippen LogP contribution >= 0.6 is 0 Å². The molecule has 4 fully saturated rings. The molecular weight excluding hydrogens is 494 g/mol. The van der Waals surface area contributed by atoms with E-state index in [1.165, 1.54) is 71.2 Å². The van der Waals surface area contributed by atoms with E-state index in [9.17, 15) is 0 Å². The summed E-state index contributed by atoms with van der Waals surface area (Å²) in [6, 6.07) is 44.9. The quantitative estimate of drug-likeness (QED) is 0.244. The third kappa shape index (κ3) is 3.42. The molecule has 1 nitrogen and oxygen atoms in total. The summed E-state index contributed by atoms with van der Waals surface area (Å²) >= 11 is 0. The second kappa shape index (κ2) is 8.95. The van der Waals surface area contributed by atoms with E-state index >= 15 is 0 Å². The first-order chi connectivity index (χ1) is 20.3. The summed E-state index contributed by atoms with van der Waals surface area (Å²) in [5.41, 5.74) is 13.7. The fourth-order valence-corrected chi connectivity index (χ4v) is 9.83. The van der Waals surface area contributed by atoms with E-state index in [1.54, 1.807) is 11.1 Å². The molecule has 0 amide bonds. The van der Waals surface area contributed by atoms with Gasteiger partial charge in [-0.05, 0) is 113 Å². The van der Waals surface area contributed by atoms with Crippen LogP contribution < -0.4 is 5.32 Å². The van der Waals surface area contributed by atoms with Crippen LogP contribution in [0.1, 0.15) is 43.2 Å². The van der Waals surface area contributed by atoms with Gasteiger partial charge in [-0.1, -0.05) is 103 Å². The molecular formula is C40H35N. The second-order valence-corrected chi connectivity index (χ2v) is 13.1. The number of nitrogens with one attached hydrogen (secondary N) is 1. The molecule has 200 valence electrons. The van der Waals surface area contributed by atoms with Crippen molar-refractivity contribution in [2.75, 3.05) is 5.32 Å². The summed E-state index contributed by atoms with van der Waals surface area (Å²) in [5.74, 6) is 3.49. The lowest BCUT2D eigenvalue weighted by Gasteiger charge is -2.61. The molecule has 0 unspecified atom stereocenters. The third-order valence-corrected chi connectivity index (χ3v) is 11.0. The Morgan fingerprint density at radius 1 is 0.488 bits per heavy atom. The molecule has 0 radical (unpaired) electrons. The van der Waals surface area contributed by atoms with Gasteiger partial charge in [0, 0.05) is 22.4 Å². The van der Waals surface area contributed by atoms with Crippen molar-refractivity contribution in [1.29, 1.82) is 0 Å². The molecule has 1 N–H and O–H groups in total. The number of hydrogen-bond donors (Lipinski definition) is 1. The molecule has 4 saturated carbocycles. The largest absolute Gasteiger partial charge is 0.355 e. The van der Waals surface area contributed by atoms with Gasteiger partial charge in [0.1, 0.15) is 0 Å². The summed E-state index contributed by atoms with van der Waals surface area (Å²) in [6.07, 6.45) is 7.16.